The summed E-state index contributed by atoms with van der Waals surface area (Å²) in [6.45, 7) is 0. The zero-order valence-corrected chi connectivity index (χ0v) is 7.47. The maximum Gasteiger partial charge on any atom is 0.121 e. The molecule has 0 aliphatic heterocycles. The summed E-state index contributed by atoms with van der Waals surface area (Å²) in [5, 5.41) is 8.48. The molecule has 3 heteroatoms. The molecule has 0 fully saturated rings. The number of rotatable bonds is 2. The van der Waals surface area contributed by atoms with Crippen molar-refractivity contribution in [3.8, 4) is 18.4 Å². The van der Waals surface area contributed by atoms with E-state index in [1.807, 2.05) is 18.6 Å². The van der Waals surface area contributed by atoms with Gasteiger partial charge in [0.05, 0.1) is 4.24 Å². The average molecular weight is 169 g/mol. The molecule has 0 aliphatic carbocycles. The Balaban J connectivity index is 4.62. The third-order valence-electron chi connectivity index (χ3n) is 0.831. The summed E-state index contributed by atoms with van der Waals surface area (Å²) in [6, 6.07) is 1.96. The Morgan fingerprint density at radius 3 is 2.00 bits per heavy atom. The quantitative estimate of drug-likeness (QED) is 0.467. The zero-order valence-electron chi connectivity index (χ0n) is 5.84. The maximum absolute atomic E-state index is 8.48. The van der Waals surface area contributed by atoms with Gasteiger partial charge in [0.1, 0.15) is 11.6 Å². The van der Waals surface area contributed by atoms with E-state index < -0.39 is 0 Å². The maximum atomic E-state index is 8.48. The highest BCUT2D eigenvalue weighted by molar-refractivity contribution is 8.21. The summed E-state index contributed by atoms with van der Waals surface area (Å²) >= 11 is 3.01. The normalized spacial score (nSPS) is 7.60. The van der Waals surface area contributed by atoms with Crippen LogP contribution in [0.1, 0.15) is 0 Å². The molecule has 0 aliphatic rings. The van der Waals surface area contributed by atoms with Crippen LogP contribution in [0.3, 0.4) is 0 Å². The minimum atomic E-state index is 0.431. The highest BCUT2D eigenvalue weighted by Gasteiger charge is 1.99. The van der Waals surface area contributed by atoms with Gasteiger partial charge < -0.3 is 0 Å². The third kappa shape index (κ3) is 2.39. The van der Waals surface area contributed by atoms with Crippen LogP contribution >= 0.6 is 23.5 Å². The topological polar surface area (TPSA) is 23.8 Å². The monoisotopic (exact) mass is 169 g/mol. The lowest BCUT2D eigenvalue weighted by atomic mass is 10.4. The van der Waals surface area contributed by atoms with E-state index in [0.717, 1.165) is 4.24 Å². The van der Waals surface area contributed by atoms with E-state index in [9.17, 15) is 0 Å². The molecule has 0 aromatic rings. The number of terminal acetylenes is 1. The molecule has 0 saturated carbocycles. The van der Waals surface area contributed by atoms with Gasteiger partial charge in [-0.15, -0.1) is 29.9 Å². The van der Waals surface area contributed by atoms with Crippen molar-refractivity contribution in [2.24, 2.45) is 0 Å². The second kappa shape index (κ2) is 5.29. The lowest BCUT2D eigenvalue weighted by molar-refractivity contribution is 1.51. The molecule has 0 aromatic carbocycles. The molecule has 0 spiro atoms. The van der Waals surface area contributed by atoms with Crippen LogP contribution in [0, 0.1) is 23.7 Å². The van der Waals surface area contributed by atoms with Crippen LogP contribution in [0.15, 0.2) is 9.81 Å². The first-order chi connectivity index (χ1) is 4.79. The van der Waals surface area contributed by atoms with Crippen molar-refractivity contribution in [1.82, 2.24) is 0 Å². The molecule has 0 N–H and O–H groups in total. The molecule has 10 heavy (non-hydrogen) atoms. The van der Waals surface area contributed by atoms with E-state index in [-0.39, 0.29) is 0 Å². The van der Waals surface area contributed by atoms with Crippen molar-refractivity contribution in [2.45, 2.75) is 0 Å². The average Bonchev–Trinajstić information content (AvgIpc) is 2.00. The lowest BCUT2D eigenvalue weighted by Crippen LogP contribution is -1.76. The molecule has 52 valence electrons. The van der Waals surface area contributed by atoms with Crippen molar-refractivity contribution in [2.75, 3.05) is 12.5 Å². The molecule has 0 rings (SSSR count). The number of hydrogen-bond acceptors (Lipinski definition) is 3. The minimum absolute atomic E-state index is 0.431. The largest absolute Gasteiger partial charge is 0.192 e. The Morgan fingerprint density at radius 2 is 1.90 bits per heavy atom. The van der Waals surface area contributed by atoms with Gasteiger partial charge in [-0.3, -0.25) is 0 Å². The molecular weight excluding hydrogens is 162 g/mol. The predicted molar refractivity (Wildman–Crippen MR) is 48.5 cm³/mol. The molecule has 1 nitrogen and oxygen atoms in total. The van der Waals surface area contributed by atoms with Gasteiger partial charge in [-0.2, -0.15) is 5.26 Å². The third-order valence-corrected chi connectivity index (χ3v) is 2.98. The predicted octanol–water partition coefficient (Wildman–Crippen LogP) is 2.08. The van der Waals surface area contributed by atoms with Crippen molar-refractivity contribution in [3.05, 3.63) is 9.81 Å². The van der Waals surface area contributed by atoms with Gasteiger partial charge in [0.25, 0.3) is 0 Å². The molecule has 0 bridgehead atoms. The Kier molecular flexibility index (Phi) is 5.02. The van der Waals surface area contributed by atoms with Crippen LogP contribution in [0.5, 0.6) is 0 Å². The fourth-order valence-corrected chi connectivity index (χ4v) is 1.71. The fourth-order valence-electron chi connectivity index (χ4n) is 0.424. The van der Waals surface area contributed by atoms with Gasteiger partial charge in [-0.25, -0.2) is 0 Å². The van der Waals surface area contributed by atoms with Crippen LogP contribution < -0.4 is 0 Å². The van der Waals surface area contributed by atoms with Gasteiger partial charge in [0.2, 0.25) is 0 Å². The van der Waals surface area contributed by atoms with Crippen LogP contribution in [0.25, 0.3) is 0 Å². The van der Waals surface area contributed by atoms with E-state index in [1.54, 1.807) is 0 Å². The van der Waals surface area contributed by atoms with Gasteiger partial charge in [0.15, 0.2) is 0 Å². The second-order valence-corrected chi connectivity index (χ2v) is 3.22. The number of hydrogen-bond donors (Lipinski definition) is 0. The second-order valence-electron chi connectivity index (χ2n) is 1.33. The Morgan fingerprint density at radius 1 is 1.40 bits per heavy atom. The van der Waals surface area contributed by atoms with E-state index in [4.69, 9.17) is 11.7 Å². The first-order valence-electron chi connectivity index (χ1n) is 2.49. The SMILES string of the molecule is C#CC(C#N)=C(SC)SC. The van der Waals surface area contributed by atoms with E-state index in [1.165, 1.54) is 23.5 Å². The van der Waals surface area contributed by atoms with Crippen molar-refractivity contribution >= 4 is 23.5 Å². The van der Waals surface area contributed by atoms with Gasteiger partial charge in [0, 0.05) is 0 Å². The summed E-state index contributed by atoms with van der Waals surface area (Å²) < 4.78 is 0.907. The highest BCUT2D eigenvalue weighted by Crippen LogP contribution is 2.26. The minimum Gasteiger partial charge on any atom is -0.192 e. The molecule has 0 amide bonds. The van der Waals surface area contributed by atoms with Gasteiger partial charge >= 0.3 is 0 Å². The van der Waals surface area contributed by atoms with E-state index in [2.05, 4.69) is 5.92 Å². The summed E-state index contributed by atoms with van der Waals surface area (Å²) in [4.78, 5) is 0. The molecular formula is C7H7NS2. The molecule has 0 heterocycles. The van der Waals surface area contributed by atoms with Crippen LogP contribution in [0.2, 0.25) is 0 Å². The summed E-state index contributed by atoms with van der Waals surface area (Å²) in [5.74, 6) is 2.33. The first kappa shape index (κ1) is 9.49. The highest BCUT2D eigenvalue weighted by atomic mass is 32.2. The Labute approximate surface area is 69.9 Å². The standard InChI is InChI=1S/C7H7NS2/c1-4-6(5-8)7(9-2)10-3/h1H,2-3H3. The Bertz CT molecular complexity index is 195. The van der Waals surface area contributed by atoms with Crippen molar-refractivity contribution in [1.29, 1.82) is 5.26 Å². The van der Waals surface area contributed by atoms with Crippen LogP contribution in [-0.2, 0) is 0 Å². The van der Waals surface area contributed by atoms with Gasteiger partial charge in [-0.1, -0.05) is 5.92 Å². The first-order valence-corrected chi connectivity index (χ1v) is 4.94. The zero-order chi connectivity index (χ0) is 7.98. The molecule has 0 radical (unpaired) electrons. The van der Waals surface area contributed by atoms with Crippen molar-refractivity contribution in [3.63, 3.8) is 0 Å². The summed E-state index contributed by atoms with van der Waals surface area (Å²) in [7, 11) is 0. The Hall–Kier alpha value is -0.510. The van der Waals surface area contributed by atoms with Crippen LogP contribution in [0.4, 0.5) is 0 Å². The molecule has 0 saturated heterocycles. The van der Waals surface area contributed by atoms with Crippen molar-refractivity contribution < 1.29 is 0 Å². The fraction of sp³-hybridized carbons (Fsp3) is 0.286. The summed E-state index contributed by atoms with van der Waals surface area (Å²) in [5.41, 5.74) is 0.431. The van der Waals surface area contributed by atoms with Gasteiger partial charge in [-0.05, 0) is 12.5 Å². The smallest absolute Gasteiger partial charge is 0.121 e. The van der Waals surface area contributed by atoms with Crippen LogP contribution in [-0.4, -0.2) is 12.5 Å². The molecule has 0 aromatic heterocycles. The summed E-state index contributed by atoms with van der Waals surface area (Å²) in [6.07, 6.45) is 8.88. The lowest BCUT2D eigenvalue weighted by Gasteiger charge is -1.96. The number of allylic oxidation sites excluding steroid dienone is 1. The molecule has 0 atom stereocenters. The van der Waals surface area contributed by atoms with E-state index >= 15 is 0 Å². The number of nitriles is 1. The number of nitrogens with zero attached hydrogens (tertiary/aromatic N) is 1. The molecule has 0 unspecified atom stereocenters. The van der Waals surface area contributed by atoms with E-state index in [0.29, 0.717) is 5.57 Å². The number of thioether (sulfide) groups is 2.